The normalized spacial score (nSPS) is 11.3. The number of carbonyl (C=O) groups excluding carboxylic acids is 1. The lowest BCUT2D eigenvalue weighted by Gasteiger charge is -2.11. The van der Waals surface area contributed by atoms with E-state index in [0.717, 1.165) is 11.6 Å². The third kappa shape index (κ3) is 4.68. The van der Waals surface area contributed by atoms with Crippen molar-refractivity contribution in [3.05, 3.63) is 122 Å². The van der Waals surface area contributed by atoms with Crippen LogP contribution in [0.1, 0.15) is 16.8 Å². The topological polar surface area (TPSA) is 123 Å². The van der Waals surface area contributed by atoms with Crippen LogP contribution < -0.4 is 21.2 Å². The number of nitriles is 1. The van der Waals surface area contributed by atoms with Gasteiger partial charge in [-0.3, -0.25) is 23.5 Å². The van der Waals surface area contributed by atoms with Crippen LogP contribution in [0.3, 0.4) is 0 Å². The number of hydrogen-bond donors (Lipinski definition) is 1. The second-order valence-corrected chi connectivity index (χ2v) is 9.00. The summed E-state index contributed by atoms with van der Waals surface area (Å²) in [4.78, 5) is 44.6. The summed E-state index contributed by atoms with van der Waals surface area (Å²) in [5.74, 6) is -0.493. The van der Waals surface area contributed by atoms with Gasteiger partial charge in [0.2, 0.25) is 5.88 Å². The van der Waals surface area contributed by atoms with Crippen molar-refractivity contribution in [3.63, 3.8) is 0 Å². The highest BCUT2D eigenvalue weighted by Crippen LogP contribution is 2.25. The van der Waals surface area contributed by atoms with Crippen LogP contribution in [0.2, 0.25) is 0 Å². The second-order valence-electron chi connectivity index (χ2n) is 9.00. The van der Waals surface area contributed by atoms with Gasteiger partial charge in [0, 0.05) is 13.2 Å². The molecule has 2 aromatic carbocycles. The number of rotatable bonds is 6. The molecule has 10 nitrogen and oxygen atoms in total. The molecule has 10 heteroatoms. The molecule has 0 saturated carbocycles. The van der Waals surface area contributed by atoms with E-state index in [1.165, 1.54) is 9.08 Å². The van der Waals surface area contributed by atoms with E-state index in [1.807, 2.05) is 31.2 Å². The van der Waals surface area contributed by atoms with Crippen molar-refractivity contribution in [1.29, 1.82) is 5.26 Å². The van der Waals surface area contributed by atoms with Crippen LogP contribution in [0.5, 0.6) is 11.6 Å². The van der Waals surface area contributed by atoms with Gasteiger partial charge in [-0.1, -0.05) is 42.5 Å². The van der Waals surface area contributed by atoms with Gasteiger partial charge in [0.1, 0.15) is 34.3 Å². The summed E-state index contributed by atoms with van der Waals surface area (Å²) in [7, 11) is 1.69. The van der Waals surface area contributed by atoms with Crippen LogP contribution in [-0.4, -0.2) is 24.7 Å². The maximum absolute atomic E-state index is 13.5. The van der Waals surface area contributed by atoms with Crippen molar-refractivity contribution in [2.24, 2.45) is 7.05 Å². The monoisotopic (exact) mass is 532 g/mol. The lowest BCUT2D eigenvalue weighted by Crippen LogP contribution is -2.24. The molecule has 0 aliphatic heterocycles. The fourth-order valence-corrected chi connectivity index (χ4v) is 4.28. The molecule has 0 spiro atoms. The third-order valence-electron chi connectivity index (χ3n) is 6.45. The molecule has 0 radical (unpaired) electrons. The van der Waals surface area contributed by atoms with E-state index in [2.05, 4.69) is 10.3 Å². The van der Waals surface area contributed by atoms with Gasteiger partial charge in [-0.15, -0.1) is 0 Å². The summed E-state index contributed by atoms with van der Waals surface area (Å²) < 4.78 is 10.3. The van der Waals surface area contributed by atoms with Crippen LogP contribution in [0.15, 0.2) is 94.2 Å². The van der Waals surface area contributed by atoms with Gasteiger partial charge in [-0.05, 0) is 55.8 Å². The lowest BCUT2D eigenvalue weighted by molar-refractivity contribution is -0.112. The number of carbonyl (C=O) groups is 1. The van der Waals surface area contributed by atoms with Gasteiger partial charge < -0.3 is 10.1 Å². The minimum absolute atomic E-state index is 0.0160. The van der Waals surface area contributed by atoms with E-state index in [-0.39, 0.29) is 17.1 Å². The summed E-state index contributed by atoms with van der Waals surface area (Å²) >= 11 is 0. The van der Waals surface area contributed by atoms with Crippen LogP contribution in [0.25, 0.3) is 17.4 Å². The van der Waals surface area contributed by atoms with Crippen molar-refractivity contribution < 1.29 is 9.53 Å². The molecule has 40 heavy (non-hydrogen) atoms. The Morgan fingerprint density at radius 1 is 0.975 bits per heavy atom. The van der Waals surface area contributed by atoms with E-state index in [0.29, 0.717) is 22.8 Å². The number of fused-ring (bicyclic) bond motifs is 1. The number of ether oxygens (including phenoxy) is 1. The summed E-state index contributed by atoms with van der Waals surface area (Å²) in [5, 5.41) is 12.5. The Morgan fingerprint density at radius 3 is 2.33 bits per heavy atom. The first-order valence-electron chi connectivity index (χ1n) is 12.3. The quantitative estimate of drug-likeness (QED) is 0.259. The van der Waals surface area contributed by atoms with Gasteiger partial charge in [-0.2, -0.15) is 10.2 Å². The Hall–Kier alpha value is -5.69. The number of benzene rings is 2. The van der Waals surface area contributed by atoms with Gasteiger partial charge in [0.15, 0.2) is 0 Å². The van der Waals surface area contributed by atoms with Crippen molar-refractivity contribution in [3.8, 4) is 23.4 Å². The highest BCUT2D eigenvalue weighted by molar-refractivity contribution is 6.10. The first-order valence-corrected chi connectivity index (χ1v) is 12.3. The summed E-state index contributed by atoms with van der Waals surface area (Å²) in [6.07, 6.45) is 2.68. The molecule has 0 saturated heterocycles. The fourth-order valence-electron chi connectivity index (χ4n) is 4.28. The van der Waals surface area contributed by atoms with Gasteiger partial charge >= 0.3 is 0 Å². The Labute approximate surface area is 228 Å². The molecule has 3 heterocycles. The molecule has 0 aliphatic carbocycles. The van der Waals surface area contributed by atoms with Crippen LogP contribution in [0, 0.1) is 25.2 Å². The van der Waals surface area contributed by atoms with Crippen molar-refractivity contribution in [2.45, 2.75) is 13.8 Å². The SMILES string of the molecule is Cc1cccn2c(=O)c(/C=C(\C#N)C(=O)Nc3c(C)n(C)n(-c4ccccc4)c3=O)c(Oc3ccccc3)nc12. The number of amides is 1. The maximum Gasteiger partial charge on any atom is 0.295 e. The smallest absolute Gasteiger partial charge is 0.295 e. The first kappa shape index (κ1) is 25.9. The van der Waals surface area contributed by atoms with Crippen molar-refractivity contribution >= 4 is 23.3 Å². The Bertz CT molecular complexity index is 1940. The molecule has 1 amide bonds. The standard InChI is InChI=1S/C30H24N6O4/c1-19-11-10-16-35-26(19)33-28(40-23-14-8-5-9-15-23)24(29(35)38)17-21(18-31)27(37)32-25-20(2)34(3)36(30(25)39)22-12-6-4-7-13-22/h4-17H,1-3H3,(H,32,37)/b21-17+. The molecule has 0 bridgehead atoms. The molecular formula is C30H24N6O4. The molecular weight excluding hydrogens is 508 g/mol. The third-order valence-corrected chi connectivity index (χ3v) is 6.45. The van der Waals surface area contributed by atoms with Gasteiger partial charge in [0.25, 0.3) is 17.0 Å². The molecule has 5 aromatic rings. The number of anilines is 1. The minimum atomic E-state index is -0.854. The molecule has 0 atom stereocenters. The highest BCUT2D eigenvalue weighted by Gasteiger charge is 2.22. The van der Waals surface area contributed by atoms with E-state index >= 15 is 0 Å². The number of hydrogen-bond acceptors (Lipinski definition) is 6. The summed E-state index contributed by atoms with van der Waals surface area (Å²) in [6.45, 7) is 3.49. The minimum Gasteiger partial charge on any atom is -0.438 e. The zero-order chi connectivity index (χ0) is 28.4. The molecule has 0 aliphatic rings. The molecule has 198 valence electrons. The average molecular weight is 533 g/mol. The molecule has 1 N–H and O–H groups in total. The van der Waals surface area contributed by atoms with E-state index in [9.17, 15) is 19.6 Å². The number of nitrogens with one attached hydrogen (secondary N) is 1. The molecule has 3 aromatic heterocycles. The average Bonchev–Trinajstić information content (AvgIpc) is 3.17. The first-order chi connectivity index (χ1) is 19.3. The molecule has 5 rings (SSSR count). The predicted octanol–water partition coefficient (Wildman–Crippen LogP) is 4.14. The van der Waals surface area contributed by atoms with E-state index in [4.69, 9.17) is 4.74 Å². The second kappa shape index (κ2) is 10.6. The summed E-state index contributed by atoms with van der Waals surface area (Å²) in [5.41, 5.74) is 0.736. The van der Waals surface area contributed by atoms with E-state index in [1.54, 1.807) is 79.4 Å². The van der Waals surface area contributed by atoms with Gasteiger partial charge in [-0.25, -0.2) is 4.68 Å². The molecule has 0 unspecified atom stereocenters. The summed E-state index contributed by atoms with van der Waals surface area (Å²) in [6, 6.07) is 23.1. The number of para-hydroxylation sites is 2. The fraction of sp³-hybridized carbons (Fsp3) is 0.100. The number of aromatic nitrogens is 4. The van der Waals surface area contributed by atoms with Crippen LogP contribution >= 0.6 is 0 Å². The van der Waals surface area contributed by atoms with Gasteiger partial charge in [0.05, 0.1) is 11.4 Å². The van der Waals surface area contributed by atoms with Crippen LogP contribution in [-0.2, 0) is 11.8 Å². The number of pyridine rings is 1. The Kier molecular flexibility index (Phi) is 6.87. The largest absolute Gasteiger partial charge is 0.438 e. The van der Waals surface area contributed by atoms with Crippen molar-refractivity contribution in [2.75, 3.05) is 5.32 Å². The van der Waals surface area contributed by atoms with Crippen molar-refractivity contribution in [1.82, 2.24) is 18.7 Å². The highest BCUT2D eigenvalue weighted by atomic mass is 16.5. The maximum atomic E-state index is 13.5. The zero-order valence-corrected chi connectivity index (χ0v) is 22.0. The Balaban J connectivity index is 1.59. The number of nitrogens with zero attached hydrogens (tertiary/aromatic N) is 5. The zero-order valence-electron chi connectivity index (χ0n) is 22.0. The van der Waals surface area contributed by atoms with E-state index < -0.39 is 22.6 Å². The van der Waals surface area contributed by atoms with Crippen LogP contribution in [0.4, 0.5) is 5.69 Å². The lowest BCUT2D eigenvalue weighted by atomic mass is 10.1. The molecule has 0 fully saturated rings. The Morgan fingerprint density at radius 2 is 1.65 bits per heavy atom. The number of aryl methyl sites for hydroxylation is 1. The predicted molar refractivity (Wildman–Crippen MR) is 151 cm³/mol.